The van der Waals surface area contributed by atoms with Crippen LogP contribution in [-0.4, -0.2) is 52.6 Å². The summed E-state index contributed by atoms with van der Waals surface area (Å²) in [5.74, 6) is 0. The molecule has 1 atom stereocenters. The number of piperazine rings is 1. The van der Waals surface area contributed by atoms with E-state index in [9.17, 15) is 18.3 Å². The number of rotatable bonds is 11. The Labute approximate surface area is 252 Å². The molecule has 0 amide bonds. The van der Waals surface area contributed by atoms with Crippen LogP contribution in [0.25, 0.3) is 11.3 Å². The maximum Gasteiger partial charge on any atom is 0.433 e. The number of unbranched alkanes of at least 4 members (excludes halogenated alkanes) is 2. The molecule has 3 aromatic carbocycles. The van der Waals surface area contributed by atoms with Crippen LogP contribution in [0.3, 0.4) is 0 Å². The van der Waals surface area contributed by atoms with E-state index in [4.69, 9.17) is 0 Å². The van der Waals surface area contributed by atoms with E-state index in [0.29, 0.717) is 12.0 Å². The van der Waals surface area contributed by atoms with Gasteiger partial charge < -0.3 is 10.0 Å². The number of halogens is 3. The number of aryl methyl sites for hydroxylation is 1. The van der Waals surface area contributed by atoms with Crippen molar-refractivity contribution >= 4 is 0 Å². The van der Waals surface area contributed by atoms with Crippen LogP contribution in [-0.2, 0) is 6.18 Å². The summed E-state index contributed by atoms with van der Waals surface area (Å²) in [6, 6.07) is 31.7. The van der Waals surface area contributed by atoms with Crippen LogP contribution in [0, 0.1) is 6.92 Å². The van der Waals surface area contributed by atoms with Crippen LogP contribution in [0.1, 0.15) is 65.8 Å². The zero-order chi connectivity index (χ0) is 30.2. The summed E-state index contributed by atoms with van der Waals surface area (Å²) in [5.41, 5.74) is 3.35. The Bertz CT molecular complexity index is 1380. The highest BCUT2D eigenvalue weighted by atomic mass is 19.4. The van der Waals surface area contributed by atoms with Gasteiger partial charge in [-0.25, -0.2) is 4.98 Å². The molecule has 226 valence electrons. The average molecular weight is 588 g/mol. The molecule has 1 fully saturated rings. The minimum atomic E-state index is -4.64. The predicted octanol–water partition coefficient (Wildman–Crippen LogP) is 8.08. The number of pyridine rings is 1. The Morgan fingerprint density at radius 1 is 0.744 bits per heavy atom. The van der Waals surface area contributed by atoms with Gasteiger partial charge in [-0.1, -0.05) is 109 Å². The molecule has 1 aliphatic rings. The molecular weight excluding hydrogens is 547 g/mol. The second-order valence-corrected chi connectivity index (χ2v) is 11.5. The lowest BCUT2D eigenvalue weighted by Gasteiger charge is -2.40. The number of nitrogens with zero attached hydrogens (tertiary/aromatic N) is 3. The number of hydrogen-bond acceptors (Lipinski definition) is 4. The third kappa shape index (κ3) is 8.11. The van der Waals surface area contributed by atoms with Crippen molar-refractivity contribution in [3.05, 3.63) is 125 Å². The standard InChI is InChI=1S/C36H40F3N3O/c1-27-16-18-28(19-17-27)32-21-20-31(35(40-32)36(37,38)39)33(43)15-9-4-10-22-41-23-25-42(26-24-41)34(29-11-5-2-6-12-29)30-13-7-3-8-14-30/h2-3,5-8,11-14,16-21,33-34,43H,4,9-10,15,22-26H2,1H3/t33-/m1/s1. The number of aliphatic hydroxyl groups excluding tert-OH is 1. The molecule has 4 nitrogen and oxygen atoms in total. The van der Waals surface area contributed by atoms with Crippen LogP contribution < -0.4 is 0 Å². The van der Waals surface area contributed by atoms with Gasteiger partial charge in [-0.05, 0) is 43.5 Å². The minimum Gasteiger partial charge on any atom is -0.388 e. The fourth-order valence-corrected chi connectivity index (χ4v) is 5.99. The van der Waals surface area contributed by atoms with Crippen LogP contribution in [0.2, 0.25) is 0 Å². The normalized spacial score (nSPS) is 15.6. The molecule has 5 rings (SSSR count). The maximum absolute atomic E-state index is 13.9. The SMILES string of the molecule is Cc1ccc(-c2ccc([C@H](O)CCCCCN3CCN(C(c4ccccc4)c4ccccc4)CC3)c(C(F)(F)F)n2)cc1. The van der Waals surface area contributed by atoms with Gasteiger partial charge in [-0.2, -0.15) is 13.2 Å². The molecule has 43 heavy (non-hydrogen) atoms. The third-order valence-electron chi connectivity index (χ3n) is 8.36. The zero-order valence-corrected chi connectivity index (χ0v) is 24.7. The van der Waals surface area contributed by atoms with Gasteiger partial charge in [0.2, 0.25) is 0 Å². The maximum atomic E-state index is 13.9. The highest BCUT2D eigenvalue weighted by Gasteiger charge is 2.37. The first-order valence-electron chi connectivity index (χ1n) is 15.2. The molecule has 0 aliphatic carbocycles. The molecule has 1 aromatic heterocycles. The quantitative estimate of drug-likeness (QED) is 0.180. The summed E-state index contributed by atoms with van der Waals surface area (Å²) >= 11 is 0. The molecule has 0 saturated carbocycles. The molecule has 0 unspecified atom stereocenters. The topological polar surface area (TPSA) is 39.6 Å². The lowest BCUT2D eigenvalue weighted by molar-refractivity contribution is -0.142. The zero-order valence-electron chi connectivity index (χ0n) is 24.7. The summed E-state index contributed by atoms with van der Waals surface area (Å²) in [6.07, 6.45) is -3.11. The number of aromatic nitrogens is 1. The van der Waals surface area contributed by atoms with Crippen molar-refractivity contribution in [2.24, 2.45) is 0 Å². The number of aliphatic hydroxyl groups is 1. The van der Waals surface area contributed by atoms with Crippen molar-refractivity contribution in [1.82, 2.24) is 14.8 Å². The molecule has 0 spiro atoms. The fraction of sp³-hybridized carbons (Fsp3) is 0.361. The first-order valence-corrected chi connectivity index (χ1v) is 15.2. The second-order valence-electron chi connectivity index (χ2n) is 11.5. The van der Waals surface area contributed by atoms with Gasteiger partial charge in [-0.15, -0.1) is 0 Å². The number of benzene rings is 3. The molecule has 1 N–H and O–H groups in total. The van der Waals surface area contributed by atoms with Crippen molar-refractivity contribution < 1.29 is 18.3 Å². The fourth-order valence-electron chi connectivity index (χ4n) is 5.99. The van der Waals surface area contributed by atoms with Gasteiger partial charge in [-0.3, -0.25) is 4.90 Å². The van der Waals surface area contributed by atoms with Crippen molar-refractivity contribution in [2.45, 2.75) is 50.9 Å². The molecule has 7 heteroatoms. The highest BCUT2D eigenvalue weighted by Crippen LogP contribution is 2.36. The van der Waals surface area contributed by atoms with E-state index >= 15 is 0 Å². The van der Waals surface area contributed by atoms with E-state index in [1.54, 1.807) is 18.2 Å². The Kier molecular flexibility index (Phi) is 10.3. The molecule has 0 bridgehead atoms. The molecule has 2 heterocycles. The van der Waals surface area contributed by atoms with Crippen LogP contribution >= 0.6 is 0 Å². The van der Waals surface area contributed by atoms with Crippen LogP contribution in [0.15, 0.2) is 97.1 Å². The van der Waals surface area contributed by atoms with E-state index in [-0.39, 0.29) is 23.7 Å². The van der Waals surface area contributed by atoms with Gasteiger partial charge in [0.25, 0.3) is 0 Å². The third-order valence-corrected chi connectivity index (χ3v) is 8.36. The summed E-state index contributed by atoms with van der Waals surface area (Å²) in [7, 11) is 0. The Balaban J connectivity index is 1.10. The second kappa shape index (κ2) is 14.3. The average Bonchev–Trinajstić information content (AvgIpc) is 3.02. The molecule has 1 aliphatic heterocycles. The van der Waals surface area contributed by atoms with Crippen molar-refractivity contribution in [3.63, 3.8) is 0 Å². The van der Waals surface area contributed by atoms with Gasteiger partial charge in [0.1, 0.15) is 0 Å². The minimum absolute atomic E-state index is 0.147. The van der Waals surface area contributed by atoms with E-state index in [1.165, 1.54) is 17.2 Å². The lowest BCUT2D eigenvalue weighted by Crippen LogP contribution is -2.48. The van der Waals surface area contributed by atoms with E-state index < -0.39 is 18.0 Å². The molecular formula is C36H40F3N3O. The highest BCUT2D eigenvalue weighted by molar-refractivity contribution is 5.60. The Morgan fingerprint density at radius 3 is 1.93 bits per heavy atom. The number of hydrogen-bond donors (Lipinski definition) is 1. The summed E-state index contributed by atoms with van der Waals surface area (Å²) < 4.78 is 41.7. The van der Waals surface area contributed by atoms with E-state index in [1.807, 2.05) is 19.1 Å². The molecule has 4 aromatic rings. The molecule has 0 radical (unpaired) electrons. The monoisotopic (exact) mass is 587 g/mol. The smallest absolute Gasteiger partial charge is 0.388 e. The molecule has 1 saturated heterocycles. The van der Waals surface area contributed by atoms with Crippen molar-refractivity contribution in [3.8, 4) is 11.3 Å². The number of alkyl halides is 3. The van der Waals surface area contributed by atoms with Crippen LogP contribution in [0.4, 0.5) is 13.2 Å². The lowest BCUT2D eigenvalue weighted by atomic mass is 9.96. The van der Waals surface area contributed by atoms with E-state index in [0.717, 1.165) is 51.1 Å². The van der Waals surface area contributed by atoms with E-state index in [2.05, 4.69) is 75.4 Å². The van der Waals surface area contributed by atoms with Gasteiger partial charge in [0, 0.05) is 37.3 Å². The van der Waals surface area contributed by atoms with Gasteiger partial charge in [0.05, 0.1) is 17.8 Å². The first-order chi connectivity index (χ1) is 20.8. The van der Waals surface area contributed by atoms with Gasteiger partial charge in [0.15, 0.2) is 5.69 Å². The van der Waals surface area contributed by atoms with Crippen molar-refractivity contribution in [2.75, 3.05) is 32.7 Å². The summed E-state index contributed by atoms with van der Waals surface area (Å²) in [4.78, 5) is 8.95. The first kappa shape index (κ1) is 30.9. The van der Waals surface area contributed by atoms with Crippen molar-refractivity contribution in [1.29, 1.82) is 0 Å². The largest absolute Gasteiger partial charge is 0.433 e. The summed E-state index contributed by atoms with van der Waals surface area (Å²) in [6.45, 7) is 6.77. The predicted molar refractivity (Wildman–Crippen MR) is 166 cm³/mol. The Morgan fingerprint density at radius 2 is 1.35 bits per heavy atom. The van der Waals surface area contributed by atoms with Crippen LogP contribution in [0.5, 0.6) is 0 Å². The Hall–Kier alpha value is -3.52. The van der Waals surface area contributed by atoms with Gasteiger partial charge >= 0.3 is 6.18 Å². The summed E-state index contributed by atoms with van der Waals surface area (Å²) in [5, 5.41) is 10.7.